The Morgan fingerprint density at radius 3 is 2.49 bits per heavy atom. The van der Waals surface area contributed by atoms with E-state index in [-0.39, 0.29) is 73.8 Å². The van der Waals surface area contributed by atoms with Gasteiger partial charge < -0.3 is 25.4 Å². The van der Waals surface area contributed by atoms with E-state index in [1.807, 2.05) is 4.90 Å². The summed E-state index contributed by atoms with van der Waals surface area (Å²) in [6.45, 7) is 3.11. The predicted molar refractivity (Wildman–Crippen MR) is 157 cm³/mol. The Morgan fingerprint density at radius 2 is 1.79 bits per heavy atom. The van der Waals surface area contributed by atoms with Crippen molar-refractivity contribution in [3.05, 3.63) is 28.8 Å². The zero-order valence-electron chi connectivity index (χ0n) is 25.5. The highest BCUT2D eigenvalue weighted by Crippen LogP contribution is 2.48. The molecule has 0 spiro atoms. The van der Waals surface area contributed by atoms with E-state index >= 15 is 4.39 Å². The van der Waals surface area contributed by atoms with E-state index in [0.717, 1.165) is 19.8 Å². The first kappa shape index (κ1) is 30.7. The SMILES string of the molecule is Cc1c(F)c(N)cc(-c2nc3c4c(nc(OCC56C[C@H](F)CN5C[C@@H](F)C6)nc4c2F)N2C[C@H]4CC[C@H](N4)[C@H]2[C@H](C)O3)c1C(F)(F)F. The number of nitrogens with zero attached hydrogens (tertiary/aromatic N) is 5. The Bertz CT molecular complexity index is 1780. The highest BCUT2D eigenvalue weighted by molar-refractivity contribution is 5.97. The van der Waals surface area contributed by atoms with E-state index in [1.165, 1.54) is 0 Å². The zero-order valence-corrected chi connectivity index (χ0v) is 25.5. The van der Waals surface area contributed by atoms with Crippen LogP contribution in [-0.2, 0) is 6.18 Å². The number of aromatic nitrogens is 3. The van der Waals surface area contributed by atoms with Crippen LogP contribution in [0.2, 0.25) is 0 Å². The Morgan fingerprint density at radius 1 is 1.06 bits per heavy atom. The number of halogens is 7. The van der Waals surface area contributed by atoms with Gasteiger partial charge in [-0.05, 0) is 38.3 Å². The molecule has 0 saturated carbocycles. The molecule has 1 aromatic carbocycles. The van der Waals surface area contributed by atoms with Crippen LogP contribution >= 0.6 is 0 Å². The van der Waals surface area contributed by atoms with Crippen molar-refractivity contribution < 1.29 is 40.2 Å². The Hall–Kier alpha value is -3.66. The molecule has 8 rings (SSSR count). The molecular formula is C31H32F7N7O2. The molecule has 2 bridgehead atoms. The number of pyridine rings is 1. The van der Waals surface area contributed by atoms with Gasteiger partial charge in [-0.2, -0.15) is 23.1 Å². The number of hydrogen-bond donors (Lipinski definition) is 2. The van der Waals surface area contributed by atoms with E-state index in [2.05, 4.69) is 20.3 Å². The second-order valence-electron chi connectivity index (χ2n) is 13.5. The maximum Gasteiger partial charge on any atom is 0.417 e. The van der Waals surface area contributed by atoms with Gasteiger partial charge in [0.25, 0.3) is 0 Å². The van der Waals surface area contributed by atoms with Crippen LogP contribution in [0, 0.1) is 18.6 Å². The second kappa shape index (κ2) is 10.4. The molecule has 9 nitrogen and oxygen atoms in total. The number of ether oxygens (including phenoxy) is 2. The molecule has 4 saturated heterocycles. The second-order valence-corrected chi connectivity index (χ2v) is 13.5. The van der Waals surface area contributed by atoms with E-state index in [9.17, 15) is 26.3 Å². The minimum absolute atomic E-state index is 0.0273. The largest absolute Gasteiger partial charge is 0.472 e. The Kier molecular flexibility index (Phi) is 6.80. The highest BCUT2D eigenvalue weighted by Gasteiger charge is 2.53. The first-order valence-electron chi connectivity index (χ1n) is 15.7. The van der Waals surface area contributed by atoms with E-state index in [1.54, 1.807) is 11.8 Å². The molecule has 0 radical (unpaired) electrons. The van der Waals surface area contributed by atoms with Gasteiger partial charge in [-0.25, -0.2) is 22.5 Å². The fraction of sp³-hybridized carbons (Fsp3) is 0.581. The average molecular weight is 668 g/mol. The van der Waals surface area contributed by atoms with Gasteiger partial charge in [-0.15, -0.1) is 0 Å². The van der Waals surface area contributed by atoms with Crippen LogP contribution in [-0.4, -0.2) is 88.2 Å². The first-order valence-corrected chi connectivity index (χ1v) is 15.7. The first-order chi connectivity index (χ1) is 22.2. The lowest BCUT2D eigenvalue weighted by molar-refractivity contribution is -0.137. The predicted octanol–water partition coefficient (Wildman–Crippen LogP) is 4.87. The van der Waals surface area contributed by atoms with Crippen LogP contribution in [0.1, 0.15) is 43.7 Å². The van der Waals surface area contributed by atoms with Crippen molar-refractivity contribution in [3.63, 3.8) is 0 Å². The van der Waals surface area contributed by atoms with Crippen molar-refractivity contribution in [2.24, 2.45) is 0 Å². The molecule has 252 valence electrons. The molecule has 5 aliphatic heterocycles. The Balaban J connectivity index is 1.33. The van der Waals surface area contributed by atoms with Crippen LogP contribution in [0.3, 0.4) is 0 Å². The Labute approximate surface area is 264 Å². The van der Waals surface area contributed by atoms with Crippen molar-refractivity contribution in [1.82, 2.24) is 25.2 Å². The lowest BCUT2D eigenvalue weighted by Crippen LogP contribution is -2.62. The highest BCUT2D eigenvalue weighted by atomic mass is 19.4. The number of benzene rings is 1. The van der Waals surface area contributed by atoms with E-state index < -0.39 is 75.4 Å². The molecule has 16 heteroatoms. The number of alkyl halides is 5. The number of nitrogens with one attached hydrogen (secondary N) is 1. The molecule has 6 atom stereocenters. The van der Waals surface area contributed by atoms with Gasteiger partial charge in [0.15, 0.2) is 5.82 Å². The number of piperazine rings is 1. The van der Waals surface area contributed by atoms with Crippen molar-refractivity contribution in [2.45, 2.75) is 87.8 Å². The molecule has 2 aromatic heterocycles. The summed E-state index contributed by atoms with van der Waals surface area (Å²) in [4.78, 5) is 17.0. The minimum atomic E-state index is -5.09. The summed E-state index contributed by atoms with van der Waals surface area (Å²) in [6.07, 6.45) is -6.21. The lowest BCUT2D eigenvalue weighted by atomic mass is 9.94. The van der Waals surface area contributed by atoms with Crippen molar-refractivity contribution in [3.8, 4) is 23.1 Å². The van der Waals surface area contributed by atoms with Gasteiger partial charge >= 0.3 is 12.2 Å². The van der Waals surface area contributed by atoms with E-state index in [0.29, 0.717) is 12.6 Å². The molecule has 47 heavy (non-hydrogen) atoms. The van der Waals surface area contributed by atoms with Crippen LogP contribution in [0.25, 0.3) is 22.2 Å². The summed E-state index contributed by atoms with van der Waals surface area (Å²) in [7, 11) is 0. The molecule has 0 amide bonds. The van der Waals surface area contributed by atoms with Crippen LogP contribution in [0.15, 0.2) is 6.07 Å². The van der Waals surface area contributed by atoms with Gasteiger partial charge in [-0.3, -0.25) is 4.90 Å². The number of rotatable bonds is 4. The van der Waals surface area contributed by atoms with Gasteiger partial charge in [0, 0.05) is 50.1 Å². The molecule has 5 aliphatic rings. The number of fused-ring (bicyclic) bond motifs is 6. The average Bonchev–Trinajstić information content (AvgIpc) is 3.59. The smallest absolute Gasteiger partial charge is 0.417 e. The molecule has 0 unspecified atom stereocenters. The van der Waals surface area contributed by atoms with Crippen molar-refractivity contribution >= 4 is 22.4 Å². The monoisotopic (exact) mass is 667 g/mol. The third-order valence-electron chi connectivity index (χ3n) is 10.5. The number of anilines is 2. The topological polar surface area (TPSA) is 102 Å². The van der Waals surface area contributed by atoms with Crippen molar-refractivity contribution in [1.29, 1.82) is 0 Å². The van der Waals surface area contributed by atoms with Crippen molar-refractivity contribution in [2.75, 3.05) is 36.9 Å². The molecular weight excluding hydrogens is 635 g/mol. The summed E-state index contributed by atoms with van der Waals surface area (Å²) < 4.78 is 116. The number of nitrogens with two attached hydrogens (primary N) is 1. The lowest BCUT2D eigenvalue weighted by Gasteiger charge is -2.42. The molecule has 0 aliphatic carbocycles. The van der Waals surface area contributed by atoms with E-state index in [4.69, 9.17) is 15.2 Å². The third kappa shape index (κ3) is 4.68. The van der Waals surface area contributed by atoms with Crippen LogP contribution in [0.4, 0.5) is 42.2 Å². The van der Waals surface area contributed by atoms with Gasteiger partial charge in [-0.1, -0.05) is 0 Å². The fourth-order valence-electron chi connectivity index (χ4n) is 8.55. The summed E-state index contributed by atoms with van der Waals surface area (Å²) in [5.74, 6) is -2.48. The number of hydrogen-bond acceptors (Lipinski definition) is 9. The van der Waals surface area contributed by atoms with Gasteiger partial charge in [0.05, 0.1) is 22.8 Å². The fourth-order valence-corrected chi connectivity index (χ4v) is 8.55. The van der Waals surface area contributed by atoms with Crippen LogP contribution in [0.5, 0.6) is 11.9 Å². The minimum Gasteiger partial charge on any atom is -0.472 e. The molecule has 3 N–H and O–H groups in total. The zero-order chi connectivity index (χ0) is 33.2. The maximum absolute atomic E-state index is 16.8. The van der Waals surface area contributed by atoms with Gasteiger partial charge in [0.1, 0.15) is 53.3 Å². The molecule has 7 heterocycles. The summed E-state index contributed by atoms with van der Waals surface area (Å²) in [5.41, 5.74) is -0.0444. The standard InChI is InChI=1S/C31H32F7N7O2/c1-12-21(31(36,37)38)17(5-18(39)22(12)34)24-23(35)25-20-27(45-10-16-3-4-19(40-16)26(45)13(2)47-28(20)41-24)43-29(42-25)46-11-30-6-14(32)8-44(30)9-15(33)7-30/h5,13-16,19,26,40H,3-4,6-11,39H2,1-2H3/t13-,14-,15-,16+,19-,26+/m0/s1. The summed E-state index contributed by atoms with van der Waals surface area (Å²) in [5, 5.41) is 3.61. The quantitative estimate of drug-likeness (QED) is 0.298. The van der Waals surface area contributed by atoms with Gasteiger partial charge in [0.2, 0.25) is 5.88 Å². The van der Waals surface area contributed by atoms with Crippen LogP contribution < -0.4 is 25.4 Å². The summed E-state index contributed by atoms with van der Waals surface area (Å²) >= 11 is 0. The third-order valence-corrected chi connectivity index (χ3v) is 10.5. The molecule has 3 aromatic rings. The number of nitrogen functional groups attached to an aromatic ring is 1. The normalized spacial score (nSPS) is 29.5. The molecule has 4 fully saturated rings. The maximum atomic E-state index is 16.8. The summed E-state index contributed by atoms with van der Waals surface area (Å²) in [6, 6.07) is 0.158.